The summed E-state index contributed by atoms with van der Waals surface area (Å²) in [7, 11) is 0. The molecular formula is C20H17F3N6O. The monoisotopic (exact) mass is 414 g/mol. The Hall–Kier alpha value is -3.69. The predicted molar refractivity (Wildman–Crippen MR) is 104 cm³/mol. The fourth-order valence-electron chi connectivity index (χ4n) is 3.20. The van der Waals surface area contributed by atoms with Gasteiger partial charge in [-0.3, -0.25) is 5.32 Å². The fraction of sp³-hybridized carbons (Fsp3) is 0.200. The molecule has 2 amide bonds. The topological polar surface area (TPSA) is 97.0 Å². The number of nitrogens with zero attached hydrogens (tertiary/aromatic N) is 4. The van der Waals surface area contributed by atoms with Gasteiger partial charge < -0.3 is 10.6 Å². The molecule has 3 N–H and O–H groups in total. The summed E-state index contributed by atoms with van der Waals surface area (Å²) in [5.41, 5.74) is 5.29. The van der Waals surface area contributed by atoms with Crippen LogP contribution in [0.2, 0.25) is 0 Å². The molecule has 3 heterocycles. The minimum absolute atomic E-state index is 0.0232. The number of nitrogens with two attached hydrogens (primary N) is 1. The lowest BCUT2D eigenvalue weighted by atomic mass is 10.1. The first-order chi connectivity index (χ1) is 14.3. The number of hydrogen-bond acceptors (Lipinski definition) is 5. The molecule has 1 saturated heterocycles. The van der Waals surface area contributed by atoms with Gasteiger partial charge in [-0.15, -0.1) is 0 Å². The highest BCUT2D eigenvalue weighted by molar-refractivity contribution is 5.92. The van der Waals surface area contributed by atoms with Crippen LogP contribution in [-0.4, -0.2) is 39.0 Å². The van der Waals surface area contributed by atoms with E-state index in [2.05, 4.69) is 20.3 Å². The number of nitrogen functional groups attached to an aromatic ring is 1. The zero-order valence-corrected chi connectivity index (χ0v) is 15.6. The van der Waals surface area contributed by atoms with Crippen LogP contribution in [0.25, 0.3) is 11.3 Å². The number of halogens is 3. The van der Waals surface area contributed by atoms with Crippen molar-refractivity contribution in [2.45, 2.75) is 12.1 Å². The van der Waals surface area contributed by atoms with Crippen LogP contribution < -0.4 is 11.1 Å². The molecule has 7 nitrogen and oxygen atoms in total. The van der Waals surface area contributed by atoms with Crippen molar-refractivity contribution in [2.75, 3.05) is 24.1 Å². The summed E-state index contributed by atoms with van der Waals surface area (Å²) in [6.45, 7) is -0.178. The number of rotatable bonds is 3. The summed E-state index contributed by atoms with van der Waals surface area (Å²) in [6.07, 6.45) is 1.75. The second kappa shape index (κ2) is 7.62. The highest BCUT2D eigenvalue weighted by atomic mass is 19.1. The minimum atomic E-state index is -1.97. The number of alkyl halides is 1. The van der Waals surface area contributed by atoms with Crippen molar-refractivity contribution in [3.05, 3.63) is 66.3 Å². The Balaban J connectivity index is 1.49. The minimum Gasteiger partial charge on any atom is -0.396 e. The number of carbonyl (C=O) groups excluding carboxylic acids is 1. The predicted octanol–water partition coefficient (Wildman–Crippen LogP) is 3.50. The van der Waals surface area contributed by atoms with Gasteiger partial charge in [-0.05, 0) is 36.4 Å². The van der Waals surface area contributed by atoms with E-state index in [9.17, 15) is 13.6 Å². The Labute approximate surface area is 169 Å². The highest BCUT2D eigenvalue weighted by Crippen LogP contribution is 2.34. The van der Waals surface area contributed by atoms with Gasteiger partial charge in [0.15, 0.2) is 23.1 Å². The molecule has 0 aliphatic carbocycles. The van der Waals surface area contributed by atoms with Crippen LogP contribution in [-0.2, 0) is 5.67 Å². The SMILES string of the molecule is Nc1ccc(-c2ccc(F)cc2)nc1NC(=O)N1CCC(F)(c2ncc(F)cn2)C1. The Morgan fingerprint density at radius 2 is 1.77 bits per heavy atom. The summed E-state index contributed by atoms with van der Waals surface area (Å²) in [4.78, 5) is 25.6. The number of likely N-dealkylation sites (tertiary alicyclic amines) is 1. The first-order valence-electron chi connectivity index (χ1n) is 9.09. The van der Waals surface area contributed by atoms with Crippen molar-refractivity contribution in [3.8, 4) is 11.3 Å². The third-order valence-electron chi connectivity index (χ3n) is 4.82. The molecule has 1 aliphatic rings. The van der Waals surface area contributed by atoms with Crippen LogP contribution in [0.4, 0.5) is 29.5 Å². The maximum Gasteiger partial charge on any atom is 0.323 e. The van der Waals surface area contributed by atoms with E-state index >= 15 is 4.39 Å². The summed E-state index contributed by atoms with van der Waals surface area (Å²) in [5, 5.41) is 2.58. The molecule has 0 radical (unpaired) electrons. The van der Waals surface area contributed by atoms with E-state index in [4.69, 9.17) is 5.73 Å². The van der Waals surface area contributed by atoms with Gasteiger partial charge in [0.1, 0.15) is 5.82 Å². The normalized spacial score (nSPS) is 18.4. The van der Waals surface area contributed by atoms with Crippen LogP contribution in [0.15, 0.2) is 48.8 Å². The number of carbonyl (C=O) groups is 1. The third-order valence-corrected chi connectivity index (χ3v) is 4.82. The summed E-state index contributed by atoms with van der Waals surface area (Å²) >= 11 is 0. The Kier molecular flexibility index (Phi) is 4.98. The molecule has 1 unspecified atom stereocenters. The summed E-state index contributed by atoms with van der Waals surface area (Å²) in [5.74, 6) is -1.11. The lowest BCUT2D eigenvalue weighted by Crippen LogP contribution is -2.36. The highest BCUT2D eigenvalue weighted by Gasteiger charge is 2.44. The Bertz CT molecular complexity index is 1080. The number of aromatic nitrogens is 3. The molecule has 4 rings (SSSR count). The second-order valence-electron chi connectivity index (χ2n) is 6.93. The van der Waals surface area contributed by atoms with Crippen molar-refractivity contribution < 1.29 is 18.0 Å². The summed E-state index contributed by atoms with van der Waals surface area (Å²) < 4.78 is 41.3. The smallest absolute Gasteiger partial charge is 0.323 e. The van der Waals surface area contributed by atoms with Gasteiger partial charge in [0.25, 0.3) is 0 Å². The van der Waals surface area contributed by atoms with Gasteiger partial charge >= 0.3 is 6.03 Å². The average molecular weight is 414 g/mol. The molecule has 3 aromatic rings. The average Bonchev–Trinajstić information content (AvgIpc) is 3.14. The van der Waals surface area contributed by atoms with Gasteiger partial charge in [-0.1, -0.05) is 0 Å². The van der Waals surface area contributed by atoms with Crippen molar-refractivity contribution in [3.63, 3.8) is 0 Å². The first kappa shape index (κ1) is 19.6. The maximum atomic E-state index is 15.2. The Morgan fingerprint density at radius 3 is 2.47 bits per heavy atom. The molecule has 0 bridgehead atoms. The van der Waals surface area contributed by atoms with E-state index in [1.807, 2.05) is 0 Å². The molecule has 154 valence electrons. The van der Waals surface area contributed by atoms with Crippen molar-refractivity contribution in [1.29, 1.82) is 0 Å². The number of pyridine rings is 1. The quantitative estimate of drug-likeness (QED) is 0.684. The zero-order valence-electron chi connectivity index (χ0n) is 15.6. The lowest BCUT2D eigenvalue weighted by Gasteiger charge is -2.20. The van der Waals surface area contributed by atoms with Crippen molar-refractivity contribution in [2.24, 2.45) is 0 Å². The van der Waals surface area contributed by atoms with E-state index in [1.165, 1.54) is 17.0 Å². The van der Waals surface area contributed by atoms with Crippen molar-refractivity contribution >= 4 is 17.5 Å². The van der Waals surface area contributed by atoms with Gasteiger partial charge in [-0.25, -0.2) is 32.9 Å². The number of amides is 2. The molecule has 30 heavy (non-hydrogen) atoms. The van der Waals surface area contributed by atoms with Gasteiger partial charge in [0.05, 0.1) is 30.3 Å². The molecule has 1 fully saturated rings. The molecule has 1 aromatic carbocycles. The zero-order chi connectivity index (χ0) is 21.3. The Morgan fingerprint density at radius 1 is 1.07 bits per heavy atom. The van der Waals surface area contributed by atoms with E-state index in [-0.39, 0.29) is 42.7 Å². The first-order valence-corrected chi connectivity index (χ1v) is 9.09. The van der Waals surface area contributed by atoms with Crippen LogP contribution in [0.3, 0.4) is 0 Å². The van der Waals surface area contributed by atoms with Crippen LogP contribution >= 0.6 is 0 Å². The largest absolute Gasteiger partial charge is 0.396 e. The van der Waals surface area contributed by atoms with E-state index in [1.54, 1.807) is 24.3 Å². The second-order valence-corrected chi connectivity index (χ2v) is 6.93. The maximum absolute atomic E-state index is 15.2. The van der Waals surface area contributed by atoms with E-state index in [0.717, 1.165) is 12.4 Å². The molecule has 10 heteroatoms. The standard InChI is InChI=1S/C20H17F3N6O/c21-13-3-1-12(2-4-13)16-6-5-15(24)17(27-16)28-19(30)29-8-7-20(23,11-29)18-25-9-14(22)10-26-18/h1-6,9-10H,7-8,11,24H2,(H,27,28,30). The number of hydrogen-bond donors (Lipinski definition) is 2. The van der Waals surface area contributed by atoms with Crippen LogP contribution in [0.5, 0.6) is 0 Å². The number of anilines is 2. The van der Waals surface area contributed by atoms with Gasteiger partial charge in [-0.2, -0.15) is 0 Å². The van der Waals surface area contributed by atoms with E-state index < -0.39 is 17.5 Å². The van der Waals surface area contributed by atoms with Crippen molar-refractivity contribution in [1.82, 2.24) is 19.9 Å². The lowest BCUT2D eigenvalue weighted by molar-refractivity contribution is 0.158. The fourth-order valence-corrected chi connectivity index (χ4v) is 3.20. The number of urea groups is 1. The van der Waals surface area contributed by atoms with Crippen LogP contribution in [0, 0.1) is 11.6 Å². The van der Waals surface area contributed by atoms with Gasteiger partial charge in [0, 0.05) is 18.5 Å². The molecule has 1 atom stereocenters. The van der Waals surface area contributed by atoms with Gasteiger partial charge in [0.2, 0.25) is 0 Å². The molecule has 0 spiro atoms. The third kappa shape index (κ3) is 3.88. The van der Waals surface area contributed by atoms with E-state index in [0.29, 0.717) is 11.3 Å². The molecule has 2 aromatic heterocycles. The molecule has 0 saturated carbocycles. The summed E-state index contributed by atoms with van der Waals surface area (Å²) in [6, 6.07) is 8.33. The molecule has 1 aliphatic heterocycles. The van der Waals surface area contributed by atoms with Crippen LogP contribution in [0.1, 0.15) is 12.2 Å². The number of benzene rings is 1. The molecular weight excluding hydrogens is 397 g/mol. The number of nitrogens with one attached hydrogen (secondary N) is 1.